The van der Waals surface area contributed by atoms with Crippen LogP contribution in [0.5, 0.6) is 0 Å². The number of hydrogen-bond acceptors (Lipinski definition) is 2. The first-order valence-electron chi connectivity index (χ1n) is 4.43. The molecule has 0 N–H and O–H groups in total. The van der Waals surface area contributed by atoms with Crippen molar-refractivity contribution in [1.29, 1.82) is 0 Å². The third-order valence-corrected chi connectivity index (χ3v) is 2.36. The fraction of sp³-hybridized carbons (Fsp3) is 0.200. The molecule has 0 amide bonds. The van der Waals surface area contributed by atoms with E-state index in [1.807, 2.05) is 0 Å². The highest BCUT2D eigenvalue weighted by molar-refractivity contribution is 5.76. The van der Waals surface area contributed by atoms with Crippen LogP contribution in [0.25, 0.3) is 11.0 Å². The van der Waals surface area contributed by atoms with Crippen molar-refractivity contribution < 1.29 is 9.18 Å². The number of aromatic nitrogens is 2. The molecule has 2 aromatic rings. The summed E-state index contributed by atoms with van der Waals surface area (Å²) >= 11 is 0. The molecule has 0 atom stereocenters. The van der Waals surface area contributed by atoms with E-state index in [0.717, 1.165) is 0 Å². The molecule has 0 fully saturated rings. The summed E-state index contributed by atoms with van der Waals surface area (Å²) < 4.78 is 15.6. The SMILES string of the molecule is Cn1c(=O)n(CC=O)c2cc(F)ccc21. The van der Waals surface area contributed by atoms with Gasteiger partial charge >= 0.3 is 5.69 Å². The molecule has 0 saturated carbocycles. The summed E-state index contributed by atoms with van der Waals surface area (Å²) in [6.07, 6.45) is 0.617. The number of aldehydes is 1. The smallest absolute Gasteiger partial charge is 0.301 e. The first kappa shape index (κ1) is 9.64. The van der Waals surface area contributed by atoms with Gasteiger partial charge in [0.05, 0.1) is 17.6 Å². The number of hydrogen-bond donors (Lipinski definition) is 0. The van der Waals surface area contributed by atoms with E-state index >= 15 is 0 Å². The molecule has 0 spiro atoms. The molecule has 0 aliphatic carbocycles. The van der Waals surface area contributed by atoms with Gasteiger partial charge in [0.15, 0.2) is 0 Å². The summed E-state index contributed by atoms with van der Waals surface area (Å²) in [5, 5.41) is 0. The Balaban J connectivity index is 2.88. The molecule has 1 aromatic carbocycles. The number of carbonyl (C=O) groups is 1. The molecule has 78 valence electrons. The molecule has 0 radical (unpaired) electrons. The molecular weight excluding hydrogens is 199 g/mol. The molecule has 2 rings (SSSR count). The topological polar surface area (TPSA) is 44.0 Å². The van der Waals surface area contributed by atoms with E-state index in [4.69, 9.17) is 0 Å². The first-order valence-corrected chi connectivity index (χ1v) is 4.43. The lowest BCUT2D eigenvalue weighted by atomic mass is 10.3. The maximum absolute atomic E-state index is 13.0. The second-order valence-corrected chi connectivity index (χ2v) is 3.25. The van der Waals surface area contributed by atoms with E-state index in [2.05, 4.69) is 0 Å². The number of rotatable bonds is 2. The first-order chi connectivity index (χ1) is 7.15. The number of carbonyl (C=O) groups excluding carboxylic acids is 1. The predicted octanol–water partition coefficient (Wildman–Crippen LogP) is 0.678. The van der Waals surface area contributed by atoms with Crippen LogP contribution in [0.15, 0.2) is 23.0 Å². The lowest BCUT2D eigenvalue weighted by Crippen LogP contribution is -2.22. The summed E-state index contributed by atoms with van der Waals surface area (Å²) in [5.41, 5.74) is 0.737. The zero-order chi connectivity index (χ0) is 11.0. The van der Waals surface area contributed by atoms with Gasteiger partial charge in [0.25, 0.3) is 0 Å². The van der Waals surface area contributed by atoms with Crippen LogP contribution in [0.2, 0.25) is 0 Å². The summed E-state index contributed by atoms with van der Waals surface area (Å²) in [6.45, 7) is -0.0559. The van der Waals surface area contributed by atoms with Crippen LogP contribution >= 0.6 is 0 Å². The highest BCUT2D eigenvalue weighted by Gasteiger charge is 2.10. The van der Waals surface area contributed by atoms with Crippen molar-refractivity contribution in [2.75, 3.05) is 0 Å². The Hall–Kier alpha value is -1.91. The maximum Gasteiger partial charge on any atom is 0.329 e. The lowest BCUT2D eigenvalue weighted by Gasteiger charge is -1.96. The Morgan fingerprint density at radius 3 is 2.80 bits per heavy atom. The Morgan fingerprint density at radius 2 is 2.13 bits per heavy atom. The minimum absolute atomic E-state index is 0.0559. The summed E-state index contributed by atoms with van der Waals surface area (Å²) in [6, 6.07) is 4.06. The molecule has 0 bridgehead atoms. The number of nitrogens with zero attached hydrogens (tertiary/aromatic N) is 2. The van der Waals surface area contributed by atoms with Gasteiger partial charge in [-0.15, -0.1) is 0 Å². The third kappa shape index (κ3) is 1.36. The largest absolute Gasteiger partial charge is 0.329 e. The minimum Gasteiger partial charge on any atom is -0.301 e. The lowest BCUT2D eigenvalue weighted by molar-refractivity contribution is -0.108. The second-order valence-electron chi connectivity index (χ2n) is 3.25. The number of benzene rings is 1. The second kappa shape index (κ2) is 3.34. The molecule has 5 heteroatoms. The van der Waals surface area contributed by atoms with Crippen molar-refractivity contribution >= 4 is 17.3 Å². The van der Waals surface area contributed by atoms with E-state index < -0.39 is 5.82 Å². The average Bonchev–Trinajstić information content (AvgIpc) is 2.44. The minimum atomic E-state index is -0.423. The van der Waals surface area contributed by atoms with Crippen LogP contribution in [0, 0.1) is 5.82 Å². The van der Waals surface area contributed by atoms with Gasteiger partial charge in [0, 0.05) is 7.05 Å². The van der Waals surface area contributed by atoms with Crippen LogP contribution in [0.3, 0.4) is 0 Å². The van der Waals surface area contributed by atoms with Crippen molar-refractivity contribution in [2.24, 2.45) is 7.05 Å². The van der Waals surface area contributed by atoms with E-state index in [0.29, 0.717) is 17.3 Å². The molecule has 0 aliphatic rings. The van der Waals surface area contributed by atoms with E-state index in [-0.39, 0.29) is 12.2 Å². The van der Waals surface area contributed by atoms with Crippen molar-refractivity contribution in [3.63, 3.8) is 0 Å². The van der Waals surface area contributed by atoms with E-state index in [9.17, 15) is 14.0 Å². The number of fused-ring (bicyclic) bond motifs is 1. The Kier molecular flexibility index (Phi) is 2.15. The van der Waals surface area contributed by atoms with Gasteiger partial charge in [-0.2, -0.15) is 0 Å². The van der Waals surface area contributed by atoms with Crippen molar-refractivity contribution in [3.8, 4) is 0 Å². The van der Waals surface area contributed by atoms with Gasteiger partial charge in [-0.1, -0.05) is 0 Å². The fourth-order valence-electron chi connectivity index (χ4n) is 1.63. The maximum atomic E-state index is 13.0. The fourth-order valence-corrected chi connectivity index (χ4v) is 1.63. The molecule has 0 unspecified atom stereocenters. The van der Waals surface area contributed by atoms with Gasteiger partial charge < -0.3 is 4.79 Å². The predicted molar refractivity (Wildman–Crippen MR) is 53.2 cm³/mol. The van der Waals surface area contributed by atoms with Gasteiger partial charge in [0.1, 0.15) is 12.1 Å². The average molecular weight is 208 g/mol. The Morgan fingerprint density at radius 1 is 1.40 bits per heavy atom. The van der Waals surface area contributed by atoms with Crippen molar-refractivity contribution in [1.82, 2.24) is 9.13 Å². The molecular formula is C10H9FN2O2. The monoisotopic (exact) mass is 208 g/mol. The van der Waals surface area contributed by atoms with Crippen LogP contribution in [-0.2, 0) is 18.4 Å². The van der Waals surface area contributed by atoms with Gasteiger partial charge in [0.2, 0.25) is 0 Å². The van der Waals surface area contributed by atoms with Crippen LogP contribution < -0.4 is 5.69 Å². The van der Waals surface area contributed by atoms with Gasteiger partial charge in [-0.25, -0.2) is 9.18 Å². The van der Waals surface area contributed by atoms with Crippen LogP contribution in [-0.4, -0.2) is 15.4 Å². The van der Waals surface area contributed by atoms with E-state index in [1.165, 1.54) is 27.3 Å². The summed E-state index contributed by atoms with van der Waals surface area (Å²) in [5.74, 6) is -0.423. The highest BCUT2D eigenvalue weighted by atomic mass is 19.1. The normalized spacial score (nSPS) is 10.8. The standard InChI is InChI=1S/C10H9FN2O2/c1-12-8-3-2-7(11)6-9(8)13(4-5-14)10(12)15/h2-3,5-6H,4H2,1H3. The summed E-state index contributed by atoms with van der Waals surface area (Å²) in [4.78, 5) is 22.0. The van der Waals surface area contributed by atoms with Crippen LogP contribution in [0.4, 0.5) is 4.39 Å². The molecule has 4 nitrogen and oxygen atoms in total. The quantitative estimate of drug-likeness (QED) is 0.681. The zero-order valence-corrected chi connectivity index (χ0v) is 8.11. The van der Waals surface area contributed by atoms with Crippen LogP contribution in [0.1, 0.15) is 0 Å². The Labute approximate surface area is 84.5 Å². The zero-order valence-electron chi connectivity index (χ0n) is 8.11. The van der Waals surface area contributed by atoms with Gasteiger partial charge in [-0.05, 0) is 18.2 Å². The number of halogens is 1. The van der Waals surface area contributed by atoms with Crippen molar-refractivity contribution in [3.05, 3.63) is 34.5 Å². The van der Waals surface area contributed by atoms with Gasteiger partial charge in [-0.3, -0.25) is 9.13 Å². The number of imidazole rings is 1. The van der Waals surface area contributed by atoms with E-state index in [1.54, 1.807) is 7.05 Å². The molecule has 0 aliphatic heterocycles. The highest BCUT2D eigenvalue weighted by Crippen LogP contribution is 2.13. The molecule has 1 aromatic heterocycles. The Bertz CT molecular complexity index is 583. The third-order valence-electron chi connectivity index (χ3n) is 2.36. The summed E-state index contributed by atoms with van der Waals surface area (Å²) in [7, 11) is 1.59. The van der Waals surface area contributed by atoms with Crippen molar-refractivity contribution in [2.45, 2.75) is 6.54 Å². The molecule has 1 heterocycles. The number of aryl methyl sites for hydroxylation is 1. The molecule has 15 heavy (non-hydrogen) atoms. The molecule has 0 saturated heterocycles.